The lowest BCUT2D eigenvalue weighted by molar-refractivity contribution is 0.174. The number of benzene rings is 1. The molecule has 0 amide bonds. The van der Waals surface area contributed by atoms with Crippen LogP contribution in [0.15, 0.2) is 53.2 Å². The summed E-state index contributed by atoms with van der Waals surface area (Å²) in [5.41, 5.74) is -0.827. The number of aromatic hydroxyl groups is 1. The summed E-state index contributed by atoms with van der Waals surface area (Å²) in [4.78, 5) is 25.2. The first-order valence-corrected chi connectivity index (χ1v) is 8.73. The van der Waals surface area contributed by atoms with Gasteiger partial charge >= 0.3 is 11.3 Å². The highest BCUT2D eigenvalue weighted by atomic mass is 16.7. The molecule has 0 aliphatic carbocycles. The molecule has 1 aromatic carbocycles. The van der Waals surface area contributed by atoms with E-state index in [2.05, 4.69) is 0 Å². The molecule has 1 aliphatic heterocycles. The molecule has 1 N–H and O–H groups in total. The quantitative estimate of drug-likeness (QED) is 0.547. The topological polar surface area (TPSA) is 112 Å². The second-order valence-electron chi connectivity index (χ2n) is 6.66. The van der Waals surface area contributed by atoms with Crippen LogP contribution in [0.25, 0.3) is 33.4 Å². The molecule has 0 saturated heterocycles. The summed E-state index contributed by atoms with van der Waals surface area (Å²) in [6, 6.07) is 7.92. The molecule has 0 fully saturated rings. The second kappa shape index (κ2) is 6.03. The summed E-state index contributed by atoms with van der Waals surface area (Å²) in [6.07, 6.45) is 0. The molecule has 4 aromatic rings. The van der Waals surface area contributed by atoms with E-state index in [-0.39, 0.29) is 46.2 Å². The first kappa shape index (κ1) is 17.2. The number of fused-ring (bicyclic) bond motifs is 2. The SMILES string of the molecule is Cc1cc(O)c(-c2c(-c3ccc4c(c3)OCO4)oc3cc(C)oc(=O)c23)c(=O)o1. The molecule has 1 aliphatic rings. The van der Waals surface area contributed by atoms with Crippen LogP contribution < -0.4 is 20.7 Å². The van der Waals surface area contributed by atoms with Crippen LogP contribution in [-0.2, 0) is 0 Å². The summed E-state index contributed by atoms with van der Waals surface area (Å²) < 4.78 is 27.1. The highest BCUT2D eigenvalue weighted by Gasteiger charge is 2.28. The number of aryl methyl sites for hydroxylation is 2. The van der Waals surface area contributed by atoms with Gasteiger partial charge in [0, 0.05) is 17.7 Å². The first-order chi connectivity index (χ1) is 13.9. The van der Waals surface area contributed by atoms with E-state index < -0.39 is 11.3 Å². The lowest BCUT2D eigenvalue weighted by Crippen LogP contribution is -2.07. The molecule has 146 valence electrons. The van der Waals surface area contributed by atoms with Crippen LogP contribution in [0.1, 0.15) is 11.5 Å². The molecule has 8 heteroatoms. The maximum Gasteiger partial charge on any atom is 0.347 e. The van der Waals surface area contributed by atoms with Gasteiger partial charge in [-0.1, -0.05) is 0 Å². The standard InChI is InChI=1S/C21H14O8/c1-9-5-12(22)16(20(23)27-9)18-17-15(6-10(2)28-21(17)24)29-19(18)11-3-4-13-14(7-11)26-8-25-13/h3-7,22H,8H2,1-2H3. The zero-order chi connectivity index (χ0) is 20.3. The minimum atomic E-state index is -0.799. The monoisotopic (exact) mass is 394 g/mol. The number of ether oxygens (including phenoxy) is 2. The van der Waals surface area contributed by atoms with E-state index in [0.29, 0.717) is 22.8 Å². The van der Waals surface area contributed by atoms with Gasteiger partial charge < -0.3 is 27.8 Å². The van der Waals surface area contributed by atoms with Crippen molar-refractivity contribution in [2.45, 2.75) is 13.8 Å². The Morgan fingerprint density at radius 2 is 1.55 bits per heavy atom. The maximum atomic E-state index is 12.6. The number of hydrogen-bond donors (Lipinski definition) is 1. The molecule has 29 heavy (non-hydrogen) atoms. The summed E-state index contributed by atoms with van der Waals surface area (Å²) in [7, 11) is 0. The molecular weight excluding hydrogens is 380 g/mol. The number of furan rings is 1. The van der Waals surface area contributed by atoms with Gasteiger partial charge in [0.25, 0.3) is 0 Å². The van der Waals surface area contributed by atoms with Crippen LogP contribution in [-0.4, -0.2) is 11.9 Å². The van der Waals surface area contributed by atoms with Crippen molar-refractivity contribution in [1.82, 2.24) is 0 Å². The van der Waals surface area contributed by atoms with Crippen molar-refractivity contribution in [3.05, 3.63) is 62.7 Å². The first-order valence-electron chi connectivity index (χ1n) is 8.73. The Balaban J connectivity index is 1.91. The molecule has 0 atom stereocenters. The maximum absolute atomic E-state index is 12.6. The van der Waals surface area contributed by atoms with E-state index in [1.165, 1.54) is 13.0 Å². The van der Waals surface area contributed by atoms with Gasteiger partial charge in [0.2, 0.25) is 6.79 Å². The Bertz CT molecular complexity index is 1400. The third-order valence-electron chi connectivity index (χ3n) is 4.67. The summed E-state index contributed by atoms with van der Waals surface area (Å²) in [5.74, 6) is 1.51. The van der Waals surface area contributed by atoms with Crippen LogP contribution in [0, 0.1) is 13.8 Å². The van der Waals surface area contributed by atoms with Crippen LogP contribution in [0.5, 0.6) is 17.2 Å². The van der Waals surface area contributed by atoms with E-state index in [1.54, 1.807) is 31.2 Å². The van der Waals surface area contributed by atoms with Gasteiger partial charge in [0.1, 0.15) is 39.6 Å². The second-order valence-corrected chi connectivity index (χ2v) is 6.66. The average Bonchev–Trinajstić information content (AvgIpc) is 3.25. The zero-order valence-corrected chi connectivity index (χ0v) is 15.4. The Labute approximate surface area is 162 Å². The van der Waals surface area contributed by atoms with Crippen LogP contribution in [0.4, 0.5) is 0 Å². The molecule has 8 nitrogen and oxygen atoms in total. The highest BCUT2D eigenvalue weighted by molar-refractivity contribution is 6.02. The van der Waals surface area contributed by atoms with Gasteiger partial charge in [-0.05, 0) is 32.0 Å². The zero-order valence-electron chi connectivity index (χ0n) is 15.4. The molecular formula is C21H14O8. The third kappa shape index (κ3) is 2.60. The molecule has 0 spiro atoms. The molecule has 3 aromatic heterocycles. The van der Waals surface area contributed by atoms with E-state index in [0.717, 1.165) is 0 Å². The molecule has 0 unspecified atom stereocenters. The lowest BCUT2D eigenvalue weighted by Gasteiger charge is -2.06. The van der Waals surface area contributed by atoms with Crippen LogP contribution in [0.2, 0.25) is 0 Å². The normalized spacial score (nSPS) is 12.6. The molecule has 0 saturated carbocycles. The molecule has 0 bridgehead atoms. The Kier molecular flexibility index (Phi) is 3.57. The number of hydrogen-bond acceptors (Lipinski definition) is 8. The number of rotatable bonds is 2. The van der Waals surface area contributed by atoms with E-state index in [4.69, 9.17) is 22.7 Å². The predicted molar refractivity (Wildman–Crippen MR) is 101 cm³/mol. The fourth-order valence-corrected chi connectivity index (χ4v) is 3.47. The average molecular weight is 394 g/mol. The van der Waals surface area contributed by atoms with E-state index in [9.17, 15) is 14.7 Å². The fraction of sp³-hybridized carbons (Fsp3) is 0.143. The van der Waals surface area contributed by atoms with Crippen molar-refractivity contribution < 1.29 is 27.8 Å². The van der Waals surface area contributed by atoms with E-state index >= 15 is 0 Å². The lowest BCUT2D eigenvalue weighted by atomic mass is 9.99. The smallest absolute Gasteiger partial charge is 0.347 e. The van der Waals surface area contributed by atoms with Crippen molar-refractivity contribution >= 4 is 11.0 Å². The minimum absolute atomic E-state index is 0.0368. The predicted octanol–water partition coefficient (Wildman–Crippen LogP) is 3.72. The minimum Gasteiger partial charge on any atom is -0.507 e. The Morgan fingerprint density at radius 1 is 0.828 bits per heavy atom. The summed E-state index contributed by atoms with van der Waals surface area (Å²) in [5, 5.41) is 10.5. The molecule has 4 heterocycles. The van der Waals surface area contributed by atoms with Gasteiger partial charge in [-0.15, -0.1) is 0 Å². The van der Waals surface area contributed by atoms with Crippen molar-refractivity contribution in [3.63, 3.8) is 0 Å². The molecule has 0 radical (unpaired) electrons. The Morgan fingerprint density at radius 3 is 2.34 bits per heavy atom. The van der Waals surface area contributed by atoms with Crippen LogP contribution >= 0.6 is 0 Å². The van der Waals surface area contributed by atoms with Crippen molar-refractivity contribution in [3.8, 4) is 39.7 Å². The van der Waals surface area contributed by atoms with Gasteiger partial charge in [-0.2, -0.15) is 0 Å². The van der Waals surface area contributed by atoms with Crippen molar-refractivity contribution in [2.75, 3.05) is 6.79 Å². The van der Waals surface area contributed by atoms with Crippen LogP contribution in [0.3, 0.4) is 0 Å². The van der Waals surface area contributed by atoms with Gasteiger partial charge in [-0.3, -0.25) is 0 Å². The highest BCUT2D eigenvalue weighted by Crippen LogP contribution is 2.44. The van der Waals surface area contributed by atoms with Gasteiger partial charge in [0.05, 0.1) is 5.56 Å². The van der Waals surface area contributed by atoms with Crippen molar-refractivity contribution in [1.29, 1.82) is 0 Å². The summed E-state index contributed by atoms with van der Waals surface area (Å²) in [6.45, 7) is 3.24. The van der Waals surface area contributed by atoms with Crippen molar-refractivity contribution in [2.24, 2.45) is 0 Å². The van der Waals surface area contributed by atoms with Gasteiger partial charge in [0.15, 0.2) is 11.5 Å². The third-order valence-corrected chi connectivity index (χ3v) is 4.67. The molecule has 5 rings (SSSR count). The Hall–Kier alpha value is -3.94. The van der Waals surface area contributed by atoms with E-state index in [1.807, 2.05) is 0 Å². The van der Waals surface area contributed by atoms with Gasteiger partial charge in [-0.25, -0.2) is 9.59 Å². The summed E-state index contributed by atoms with van der Waals surface area (Å²) >= 11 is 0. The fourth-order valence-electron chi connectivity index (χ4n) is 3.47. The largest absolute Gasteiger partial charge is 0.507 e.